The van der Waals surface area contributed by atoms with E-state index < -0.39 is 0 Å². The molecule has 1 aromatic carbocycles. The molecule has 4 aliphatic carbocycles. The highest BCUT2D eigenvalue weighted by molar-refractivity contribution is 7.98. The van der Waals surface area contributed by atoms with Gasteiger partial charge in [0.2, 0.25) is 0 Å². The topological polar surface area (TPSA) is 30.7 Å². The summed E-state index contributed by atoms with van der Waals surface area (Å²) in [7, 11) is 0. The third kappa shape index (κ3) is 3.46. The molecule has 6 rings (SSSR count). The van der Waals surface area contributed by atoms with Crippen molar-refractivity contribution in [2.45, 2.75) is 76.2 Å². The number of rotatable bonds is 6. The van der Waals surface area contributed by atoms with E-state index in [2.05, 4.69) is 52.9 Å². The van der Waals surface area contributed by atoms with Crippen LogP contribution in [-0.2, 0) is 18.7 Å². The van der Waals surface area contributed by atoms with Gasteiger partial charge in [-0.05, 0) is 81.1 Å². The highest BCUT2D eigenvalue weighted by atomic mass is 32.2. The van der Waals surface area contributed by atoms with Crippen LogP contribution in [0.3, 0.4) is 0 Å². The van der Waals surface area contributed by atoms with Crippen molar-refractivity contribution in [1.82, 2.24) is 14.8 Å². The van der Waals surface area contributed by atoms with Gasteiger partial charge in [-0.2, -0.15) is 0 Å². The number of nitrogens with zero attached hydrogens (tertiary/aromatic N) is 3. The van der Waals surface area contributed by atoms with Gasteiger partial charge in [0, 0.05) is 18.7 Å². The Labute approximate surface area is 167 Å². The molecule has 27 heavy (non-hydrogen) atoms. The molecule has 4 aliphatic rings. The van der Waals surface area contributed by atoms with E-state index in [1.807, 2.05) is 11.8 Å². The van der Waals surface area contributed by atoms with Crippen LogP contribution in [0, 0.1) is 30.1 Å². The maximum absolute atomic E-state index is 4.68. The lowest BCUT2D eigenvalue weighted by Gasteiger charge is -2.56. The van der Waals surface area contributed by atoms with Crippen molar-refractivity contribution in [1.29, 1.82) is 0 Å². The summed E-state index contributed by atoms with van der Waals surface area (Å²) in [5.41, 5.74) is 3.21. The number of aryl methyl sites for hydroxylation is 1. The summed E-state index contributed by atoms with van der Waals surface area (Å²) in [5.74, 6) is 5.22. The Kier molecular flexibility index (Phi) is 4.58. The molecule has 0 saturated heterocycles. The minimum absolute atomic E-state index is 0.535. The Morgan fingerprint density at radius 3 is 2.22 bits per heavy atom. The Bertz CT molecular complexity index is 772. The summed E-state index contributed by atoms with van der Waals surface area (Å²) in [4.78, 5) is 0. The van der Waals surface area contributed by atoms with E-state index in [0.29, 0.717) is 5.41 Å². The van der Waals surface area contributed by atoms with Crippen molar-refractivity contribution in [3.05, 3.63) is 41.2 Å². The fraction of sp³-hybridized carbons (Fsp3) is 0.652. The van der Waals surface area contributed by atoms with Crippen LogP contribution >= 0.6 is 11.8 Å². The molecule has 0 atom stereocenters. The molecule has 4 saturated carbocycles. The monoisotopic (exact) mass is 381 g/mol. The second-order valence-electron chi connectivity index (χ2n) is 9.51. The molecule has 0 N–H and O–H groups in total. The molecule has 144 valence electrons. The van der Waals surface area contributed by atoms with Gasteiger partial charge in [-0.25, -0.2) is 0 Å². The van der Waals surface area contributed by atoms with Crippen LogP contribution in [0.5, 0.6) is 0 Å². The first-order valence-corrected chi connectivity index (χ1v) is 11.7. The third-order valence-electron chi connectivity index (χ3n) is 7.30. The SMILES string of the molecule is CCn1c(CC23CC4CC(CC(C4)C2)C3)nnc1SCc1ccc(C)cc1. The first-order chi connectivity index (χ1) is 13.1. The zero-order valence-corrected chi connectivity index (χ0v) is 17.5. The van der Waals surface area contributed by atoms with E-state index in [4.69, 9.17) is 0 Å². The smallest absolute Gasteiger partial charge is 0.191 e. The molecule has 4 fully saturated rings. The lowest BCUT2D eigenvalue weighted by Crippen LogP contribution is -2.47. The molecule has 2 aromatic rings. The average molecular weight is 382 g/mol. The molecule has 1 aromatic heterocycles. The fourth-order valence-corrected chi connectivity index (χ4v) is 7.53. The summed E-state index contributed by atoms with van der Waals surface area (Å²) in [6, 6.07) is 8.84. The van der Waals surface area contributed by atoms with Gasteiger partial charge in [-0.15, -0.1) is 10.2 Å². The van der Waals surface area contributed by atoms with Gasteiger partial charge in [0.1, 0.15) is 5.82 Å². The van der Waals surface area contributed by atoms with E-state index in [0.717, 1.165) is 41.6 Å². The quantitative estimate of drug-likeness (QED) is 0.605. The van der Waals surface area contributed by atoms with E-state index in [1.54, 1.807) is 0 Å². The molecule has 4 heteroatoms. The number of thioether (sulfide) groups is 1. The summed E-state index contributed by atoms with van der Waals surface area (Å²) in [5, 5.41) is 10.4. The molecule has 0 unspecified atom stereocenters. The highest BCUT2D eigenvalue weighted by Crippen LogP contribution is 2.61. The lowest BCUT2D eigenvalue weighted by molar-refractivity contribution is -0.0536. The van der Waals surface area contributed by atoms with Gasteiger partial charge in [0.25, 0.3) is 0 Å². The van der Waals surface area contributed by atoms with Gasteiger partial charge in [0.15, 0.2) is 5.16 Å². The molecule has 3 nitrogen and oxygen atoms in total. The molecular formula is C23H31N3S. The largest absolute Gasteiger partial charge is 0.306 e. The minimum atomic E-state index is 0.535. The van der Waals surface area contributed by atoms with Crippen LogP contribution in [0.25, 0.3) is 0 Å². The second-order valence-corrected chi connectivity index (χ2v) is 10.5. The molecule has 4 bridgehead atoms. The summed E-state index contributed by atoms with van der Waals surface area (Å²) < 4.78 is 2.39. The summed E-state index contributed by atoms with van der Waals surface area (Å²) in [6.45, 7) is 5.36. The molecule has 0 radical (unpaired) electrons. The first kappa shape index (κ1) is 17.8. The Hall–Kier alpha value is -1.29. The van der Waals surface area contributed by atoms with E-state index in [-0.39, 0.29) is 0 Å². The predicted molar refractivity (Wildman–Crippen MR) is 111 cm³/mol. The summed E-state index contributed by atoms with van der Waals surface area (Å²) >= 11 is 1.83. The zero-order chi connectivity index (χ0) is 18.4. The van der Waals surface area contributed by atoms with Crippen LogP contribution in [0.1, 0.15) is 62.4 Å². The Morgan fingerprint density at radius 1 is 1.00 bits per heavy atom. The highest BCUT2D eigenvalue weighted by Gasteiger charge is 2.51. The van der Waals surface area contributed by atoms with Gasteiger partial charge in [-0.1, -0.05) is 41.6 Å². The van der Waals surface area contributed by atoms with Crippen molar-refractivity contribution in [2.24, 2.45) is 23.2 Å². The van der Waals surface area contributed by atoms with Crippen LogP contribution in [0.4, 0.5) is 0 Å². The molecular weight excluding hydrogens is 350 g/mol. The standard InChI is InChI=1S/C23H31N3S/c1-3-26-21(14-23-11-18-8-19(12-23)10-20(9-18)13-23)24-25-22(26)27-15-17-6-4-16(2)5-7-17/h4-7,18-20H,3,8-15H2,1-2H3. The molecule has 0 amide bonds. The Morgan fingerprint density at radius 2 is 1.63 bits per heavy atom. The van der Waals surface area contributed by atoms with Crippen molar-refractivity contribution >= 4 is 11.8 Å². The van der Waals surface area contributed by atoms with Crippen molar-refractivity contribution in [3.8, 4) is 0 Å². The maximum Gasteiger partial charge on any atom is 0.191 e. The van der Waals surface area contributed by atoms with Gasteiger partial charge in [0.05, 0.1) is 0 Å². The van der Waals surface area contributed by atoms with E-state index in [9.17, 15) is 0 Å². The summed E-state index contributed by atoms with van der Waals surface area (Å²) in [6.07, 6.45) is 10.0. The number of hydrogen-bond acceptors (Lipinski definition) is 3. The van der Waals surface area contributed by atoms with Crippen molar-refractivity contribution < 1.29 is 0 Å². The number of aromatic nitrogens is 3. The minimum Gasteiger partial charge on any atom is -0.306 e. The molecule has 1 heterocycles. The Balaban J connectivity index is 1.31. The first-order valence-electron chi connectivity index (χ1n) is 10.7. The molecule has 0 spiro atoms. The van der Waals surface area contributed by atoms with Crippen molar-refractivity contribution in [2.75, 3.05) is 0 Å². The van der Waals surface area contributed by atoms with Crippen LogP contribution < -0.4 is 0 Å². The third-order valence-corrected chi connectivity index (χ3v) is 8.33. The molecule has 0 aliphatic heterocycles. The van der Waals surface area contributed by atoms with Crippen LogP contribution in [-0.4, -0.2) is 14.8 Å². The van der Waals surface area contributed by atoms with Crippen LogP contribution in [0.2, 0.25) is 0 Å². The fourth-order valence-electron chi connectivity index (χ4n) is 6.55. The maximum atomic E-state index is 4.68. The van der Waals surface area contributed by atoms with Crippen molar-refractivity contribution in [3.63, 3.8) is 0 Å². The van der Waals surface area contributed by atoms with E-state index >= 15 is 0 Å². The number of hydrogen-bond donors (Lipinski definition) is 0. The van der Waals surface area contributed by atoms with Gasteiger partial charge < -0.3 is 4.57 Å². The van der Waals surface area contributed by atoms with Gasteiger partial charge in [-0.3, -0.25) is 0 Å². The lowest BCUT2D eigenvalue weighted by atomic mass is 9.49. The number of benzene rings is 1. The predicted octanol–water partition coefficient (Wildman–Crippen LogP) is 5.66. The zero-order valence-electron chi connectivity index (χ0n) is 16.7. The average Bonchev–Trinajstić information content (AvgIpc) is 3.01. The van der Waals surface area contributed by atoms with Gasteiger partial charge >= 0.3 is 0 Å². The second kappa shape index (κ2) is 6.95. The normalized spacial score (nSPS) is 31.6. The van der Waals surface area contributed by atoms with E-state index in [1.165, 1.54) is 55.5 Å². The van der Waals surface area contributed by atoms with Crippen LogP contribution in [0.15, 0.2) is 29.4 Å².